The monoisotopic (exact) mass is 300 g/mol. The molecule has 0 unspecified atom stereocenters. The lowest BCUT2D eigenvalue weighted by Gasteiger charge is -2.18. The standard InChI is InChI=1S/C12H16N2O5S/c1-3-14(8-12(16)17)20(18,19)11-6-4-10(5-7-11)13-9(2)15/h4-7H,3,8H2,1-2H3,(H,13,15)(H,16,17). The van der Waals surface area contributed by atoms with Crippen LogP contribution in [0.4, 0.5) is 5.69 Å². The zero-order chi connectivity index (χ0) is 15.3. The average molecular weight is 300 g/mol. The van der Waals surface area contributed by atoms with Gasteiger partial charge in [0, 0.05) is 19.2 Å². The highest BCUT2D eigenvalue weighted by Crippen LogP contribution is 2.18. The number of hydrogen-bond donors (Lipinski definition) is 2. The first-order chi connectivity index (χ1) is 9.27. The number of sulfonamides is 1. The van der Waals surface area contributed by atoms with E-state index in [0.717, 1.165) is 4.31 Å². The lowest BCUT2D eigenvalue weighted by atomic mass is 10.3. The molecule has 2 N–H and O–H groups in total. The van der Waals surface area contributed by atoms with Crippen LogP contribution in [0, 0.1) is 0 Å². The van der Waals surface area contributed by atoms with Crippen molar-refractivity contribution in [2.75, 3.05) is 18.4 Å². The number of hydrogen-bond acceptors (Lipinski definition) is 4. The van der Waals surface area contributed by atoms with Gasteiger partial charge in [-0.1, -0.05) is 6.92 Å². The minimum Gasteiger partial charge on any atom is -0.480 e. The molecule has 1 aromatic rings. The largest absolute Gasteiger partial charge is 0.480 e. The van der Waals surface area contributed by atoms with Gasteiger partial charge in [-0.3, -0.25) is 9.59 Å². The molecule has 0 aromatic heterocycles. The number of carboxylic acids is 1. The minimum absolute atomic E-state index is 0.0188. The first kappa shape index (κ1) is 16.1. The van der Waals surface area contributed by atoms with Crippen molar-refractivity contribution in [2.24, 2.45) is 0 Å². The molecule has 1 aromatic carbocycles. The second kappa shape index (κ2) is 6.49. The molecule has 0 saturated heterocycles. The summed E-state index contributed by atoms with van der Waals surface area (Å²) < 4.78 is 25.3. The number of benzene rings is 1. The summed E-state index contributed by atoms with van der Waals surface area (Å²) in [6.07, 6.45) is 0. The number of carbonyl (C=O) groups is 2. The fourth-order valence-electron chi connectivity index (χ4n) is 1.58. The third-order valence-electron chi connectivity index (χ3n) is 2.48. The van der Waals surface area contributed by atoms with Crippen molar-refractivity contribution in [1.29, 1.82) is 0 Å². The number of carbonyl (C=O) groups excluding carboxylic acids is 1. The summed E-state index contributed by atoms with van der Waals surface area (Å²) in [5, 5.41) is 11.2. The van der Waals surface area contributed by atoms with Gasteiger partial charge in [-0.25, -0.2) is 8.42 Å². The molecule has 0 atom stereocenters. The van der Waals surface area contributed by atoms with Crippen molar-refractivity contribution < 1.29 is 23.1 Å². The Kier molecular flexibility index (Phi) is 5.23. The van der Waals surface area contributed by atoms with Gasteiger partial charge in [-0.2, -0.15) is 4.31 Å². The predicted octanol–water partition coefficient (Wildman–Crippen LogP) is 0.740. The van der Waals surface area contributed by atoms with Crippen LogP contribution in [0.2, 0.25) is 0 Å². The molecule has 0 heterocycles. The Bertz CT molecular complexity index is 595. The SMILES string of the molecule is CCN(CC(=O)O)S(=O)(=O)c1ccc(NC(C)=O)cc1. The predicted molar refractivity (Wildman–Crippen MR) is 72.8 cm³/mol. The van der Waals surface area contributed by atoms with Gasteiger partial charge >= 0.3 is 5.97 Å². The number of likely N-dealkylation sites (N-methyl/N-ethyl adjacent to an activating group) is 1. The van der Waals surface area contributed by atoms with Crippen molar-refractivity contribution in [2.45, 2.75) is 18.7 Å². The molecule has 0 saturated carbocycles. The van der Waals surface area contributed by atoms with Crippen LogP contribution in [0.3, 0.4) is 0 Å². The van der Waals surface area contributed by atoms with Gasteiger partial charge in [0.1, 0.15) is 6.54 Å². The molecule has 7 nitrogen and oxygen atoms in total. The number of amides is 1. The molecule has 110 valence electrons. The first-order valence-electron chi connectivity index (χ1n) is 5.87. The molecule has 20 heavy (non-hydrogen) atoms. The second-order valence-electron chi connectivity index (χ2n) is 4.03. The molecule has 0 spiro atoms. The smallest absolute Gasteiger partial charge is 0.318 e. The van der Waals surface area contributed by atoms with Gasteiger partial charge in [-0.05, 0) is 24.3 Å². The molecule has 8 heteroatoms. The number of carboxylic acid groups (broad SMARTS) is 1. The molecular formula is C12H16N2O5S. The number of aliphatic carboxylic acids is 1. The second-order valence-corrected chi connectivity index (χ2v) is 5.97. The molecule has 1 amide bonds. The molecular weight excluding hydrogens is 284 g/mol. The van der Waals surface area contributed by atoms with Crippen LogP contribution in [-0.4, -0.2) is 42.8 Å². The Hall–Kier alpha value is -1.93. The summed E-state index contributed by atoms with van der Waals surface area (Å²) in [6, 6.07) is 5.54. The van der Waals surface area contributed by atoms with E-state index in [1.54, 1.807) is 6.92 Å². The van der Waals surface area contributed by atoms with E-state index >= 15 is 0 Å². The lowest BCUT2D eigenvalue weighted by molar-refractivity contribution is -0.137. The van der Waals surface area contributed by atoms with E-state index in [2.05, 4.69) is 5.32 Å². The Morgan fingerprint density at radius 2 is 1.80 bits per heavy atom. The van der Waals surface area contributed by atoms with E-state index in [1.807, 2.05) is 0 Å². The topological polar surface area (TPSA) is 104 Å². The number of rotatable bonds is 6. The lowest BCUT2D eigenvalue weighted by Crippen LogP contribution is -2.35. The van der Waals surface area contributed by atoms with E-state index in [-0.39, 0.29) is 17.3 Å². The van der Waals surface area contributed by atoms with Gasteiger partial charge in [0.25, 0.3) is 0 Å². The van der Waals surface area contributed by atoms with Gasteiger partial charge in [-0.15, -0.1) is 0 Å². The van der Waals surface area contributed by atoms with Crippen LogP contribution in [0.25, 0.3) is 0 Å². The van der Waals surface area contributed by atoms with E-state index in [0.29, 0.717) is 5.69 Å². The Labute approximate surface area is 117 Å². The van der Waals surface area contributed by atoms with Crippen molar-refractivity contribution in [3.05, 3.63) is 24.3 Å². The van der Waals surface area contributed by atoms with Crippen molar-refractivity contribution in [3.63, 3.8) is 0 Å². The highest BCUT2D eigenvalue weighted by molar-refractivity contribution is 7.89. The molecule has 0 bridgehead atoms. The van der Waals surface area contributed by atoms with Crippen LogP contribution in [0.1, 0.15) is 13.8 Å². The average Bonchev–Trinajstić information content (AvgIpc) is 2.35. The first-order valence-corrected chi connectivity index (χ1v) is 7.31. The zero-order valence-corrected chi connectivity index (χ0v) is 12.0. The van der Waals surface area contributed by atoms with Gasteiger partial charge < -0.3 is 10.4 Å². The number of nitrogens with zero attached hydrogens (tertiary/aromatic N) is 1. The van der Waals surface area contributed by atoms with Crippen molar-refractivity contribution in [1.82, 2.24) is 4.31 Å². The highest BCUT2D eigenvalue weighted by atomic mass is 32.2. The Balaban J connectivity index is 3.02. The van der Waals surface area contributed by atoms with Crippen LogP contribution < -0.4 is 5.32 Å². The fraction of sp³-hybridized carbons (Fsp3) is 0.333. The van der Waals surface area contributed by atoms with Gasteiger partial charge in [0.05, 0.1) is 4.90 Å². The third kappa shape index (κ3) is 4.04. The normalized spacial score (nSPS) is 11.3. The van der Waals surface area contributed by atoms with Crippen LogP contribution in [0.5, 0.6) is 0 Å². The quantitative estimate of drug-likeness (QED) is 0.806. The van der Waals surface area contributed by atoms with E-state index in [4.69, 9.17) is 5.11 Å². The summed E-state index contributed by atoms with van der Waals surface area (Å²) in [6.45, 7) is 2.37. The molecule has 0 radical (unpaired) electrons. The van der Waals surface area contributed by atoms with Gasteiger partial charge in [0.2, 0.25) is 15.9 Å². The summed E-state index contributed by atoms with van der Waals surface area (Å²) in [7, 11) is -3.85. The molecule has 0 fully saturated rings. The van der Waals surface area contributed by atoms with Crippen molar-refractivity contribution >= 4 is 27.6 Å². The Morgan fingerprint density at radius 1 is 1.25 bits per heavy atom. The van der Waals surface area contributed by atoms with Crippen molar-refractivity contribution in [3.8, 4) is 0 Å². The van der Waals surface area contributed by atoms with Crippen LogP contribution >= 0.6 is 0 Å². The molecule has 1 rings (SSSR count). The van der Waals surface area contributed by atoms with Crippen LogP contribution in [0.15, 0.2) is 29.2 Å². The summed E-state index contributed by atoms with van der Waals surface area (Å²) in [4.78, 5) is 21.5. The minimum atomic E-state index is -3.85. The van der Waals surface area contributed by atoms with E-state index < -0.39 is 22.5 Å². The zero-order valence-electron chi connectivity index (χ0n) is 11.2. The Morgan fingerprint density at radius 3 is 2.20 bits per heavy atom. The summed E-state index contributed by atoms with van der Waals surface area (Å²) in [5.74, 6) is -1.48. The highest BCUT2D eigenvalue weighted by Gasteiger charge is 2.24. The number of nitrogens with one attached hydrogen (secondary N) is 1. The maximum atomic E-state index is 12.2. The number of anilines is 1. The maximum Gasteiger partial charge on any atom is 0.318 e. The molecule has 0 aliphatic carbocycles. The van der Waals surface area contributed by atoms with E-state index in [9.17, 15) is 18.0 Å². The summed E-state index contributed by atoms with van der Waals surface area (Å²) >= 11 is 0. The molecule has 0 aliphatic rings. The molecule has 0 aliphatic heterocycles. The maximum absolute atomic E-state index is 12.2. The third-order valence-corrected chi connectivity index (χ3v) is 4.41. The van der Waals surface area contributed by atoms with Gasteiger partial charge in [0.15, 0.2) is 0 Å². The van der Waals surface area contributed by atoms with E-state index in [1.165, 1.54) is 31.2 Å². The fourth-order valence-corrected chi connectivity index (χ4v) is 2.98. The summed E-state index contributed by atoms with van der Waals surface area (Å²) in [5.41, 5.74) is 0.470. The van der Waals surface area contributed by atoms with Crippen LogP contribution in [-0.2, 0) is 19.6 Å².